The second kappa shape index (κ2) is 7.80. The van der Waals surface area contributed by atoms with Crippen LogP contribution in [-0.2, 0) is 0 Å². The van der Waals surface area contributed by atoms with E-state index in [0.29, 0.717) is 15.6 Å². The summed E-state index contributed by atoms with van der Waals surface area (Å²) in [5.74, 6) is 0. The van der Waals surface area contributed by atoms with Crippen molar-refractivity contribution in [3.63, 3.8) is 0 Å². The van der Waals surface area contributed by atoms with E-state index in [9.17, 15) is 10.1 Å². The number of tetrazole rings is 1. The van der Waals surface area contributed by atoms with E-state index >= 15 is 0 Å². The highest BCUT2D eigenvalue weighted by molar-refractivity contribution is 8.08. The number of aryl methyl sites for hydroxylation is 2. The maximum absolute atomic E-state index is 10.8. The van der Waals surface area contributed by atoms with Gasteiger partial charge in [-0.3, -0.25) is 10.1 Å². The molecule has 0 aliphatic carbocycles. The van der Waals surface area contributed by atoms with Crippen LogP contribution in [-0.4, -0.2) is 25.1 Å². The molecule has 0 aliphatic rings. The van der Waals surface area contributed by atoms with Gasteiger partial charge in [-0.1, -0.05) is 6.07 Å². The van der Waals surface area contributed by atoms with Crippen LogP contribution in [0.1, 0.15) is 16.7 Å². The zero-order valence-electron chi connectivity index (χ0n) is 14.5. The number of nitro groups is 1. The Morgan fingerprint density at radius 3 is 2.59 bits per heavy atom. The van der Waals surface area contributed by atoms with Crippen molar-refractivity contribution in [2.24, 2.45) is 0 Å². The molecule has 134 valence electrons. The molecule has 8 nitrogen and oxygen atoms in total. The molecule has 1 heterocycles. The third kappa shape index (κ3) is 4.02. The molecule has 3 rings (SSSR count). The standard InChI is InChI=1S/C18H14N6O2S/c1-12-3-6-16(11-13(12)2)23-18(20-21-22-23)27-17(9-10-19)14-4-7-15(8-5-14)24(25)26/h3-9,11H,1-2H3/b17-9-. The summed E-state index contributed by atoms with van der Waals surface area (Å²) in [5, 5.41) is 32.2. The van der Waals surface area contributed by atoms with Gasteiger partial charge in [-0.2, -0.15) is 9.94 Å². The summed E-state index contributed by atoms with van der Waals surface area (Å²) in [4.78, 5) is 10.9. The fourth-order valence-corrected chi connectivity index (χ4v) is 3.21. The molecular weight excluding hydrogens is 364 g/mol. The van der Waals surface area contributed by atoms with Crippen molar-refractivity contribution in [2.45, 2.75) is 19.0 Å². The zero-order valence-corrected chi connectivity index (χ0v) is 15.3. The number of nitro benzene ring substituents is 1. The van der Waals surface area contributed by atoms with E-state index in [0.717, 1.165) is 16.8 Å². The van der Waals surface area contributed by atoms with Crippen molar-refractivity contribution in [2.75, 3.05) is 0 Å². The number of allylic oxidation sites excluding steroid dienone is 1. The number of nitrogens with zero attached hydrogens (tertiary/aromatic N) is 6. The number of rotatable bonds is 5. The van der Waals surface area contributed by atoms with Crippen LogP contribution in [0.25, 0.3) is 10.6 Å². The van der Waals surface area contributed by atoms with Gasteiger partial charge in [0.2, 0.25) is 5.16 Å². The van der Waals surface area contributed by atoms with Gasteiger partial charge in [0.05, 0.1) is 16.7 Å². The topological polar surface area (TPSA) is 111 Å². The van der Waals surface area contributed by atoms with Crippen LogP contribution >= 0.6 is 11.8 Å². The van der Waals surface area contributed by atoms with Gasteiger partial charge < -0.3 is 0 Å². The minimum absolute atomic E-state index is 0.0139. The minimum Gasteiger partial charge on any atom is -0.258 e. The van der Waals surface area contributed by atoms with Gasteiger partial charge >= 0.3 is 0 Å². The molecule has 0 radical (unpaired) electrons. The minimum atomic E-state index is -0.467. The van der Waals surface area contributed by atoms with Crippen LogP contribution in [0.5, 0.6) is 0 Å². The van der Waals surface area contributed by atoms with E-state index in [4.69, 9.17) is 5.26 Å². The lowest BCUT2D eigenvalue weighted by Gasteiger charge is -2.08. The Morgan fingerprint density at radius 1 is 1.22 bits per heavy atom. The maximum Gasteiger partial charge on any atom is 0.269 e. The van der Waals surface area contributed by atoms with E-state index in [1.165, 1.54) is 30.0 Å². The predicted octanol–water partition coefficient (Wildman–Crippen LogP) is 3.84. The molecule has 0 spiro atoms. The molecule has 0 atom stereocenters. The summed E-state index contributed by atoms with van der Waals surface area (Å²) < 4.78 is 1.59. The summed E-state index contributed by atoms with van der Waals surface area (Å²) in [6, 6.07) is 13.9. The van der Waals surface area contributed by atoms with E-state index in [1.807, 2.05) is 38.1 Å². The smallest absolute Gasteiger partial charge is 0.258 e. The van der Waals surface area contributed by atoms with Crippen LogP contribution in [0.3, 0.4) is 0 Å². The number of aromatic nitrogens is 4. The van der Waals surface area contributed by atoms with Gasteiger partial charge in [0.25, 0.3) is 5.69 Å². The van der Waals surface area contributed by atoms with Crippen molar-refractivity contribution < 1.29 is 4.92 Å². The van der Waals surface area contributed by atoms with Gasteiger partial charge in [0, 0.05) is 23.1 Å². The number of hydrogen-bond acceptors (Lipinski definition) is 7. The molecule has 3 aromatic rings. The molecule has 0 unspecified atom stereocenters. The lowest BCUT2D eigenvalue weighted by atomic mass is 10.1. The molecule has 0 aliphatic heterocycles. The Balaban J connectivity index is 1.94. The molecule has 0 fully saturated rings. The fraction of sp³-hybridized carbons (Fsp3) is 0.111. The number of nitriles is 1. The fourth-order valence-electron chi connectivity index (χ4n) is 2.34. The molecule has 2 aromatic carbocycles. The second-order valence-electron chi connectivity index (χ2n) is 5.69. The van der Waals surface area contributed by atoms with Crippen molar-refractivity contribution in [3.8, 4) is 11.8 Å². The molecule has 0 amide bonds. The van der Waals surface area contributed by atoms with Crippen molar-refractivity contribution in [1.29, 1.82) is 5.26 Å². The van der Waals surface area contributed by atoms with Gasteiger partial charge in [-0.15, -0.1) is 5.10 Å². The predicted molar refractivity (Wildman–Crippen MR) is 101 cm³/mol. The third-order valence-electron chi connectivity index (χ3n) is 3.94. The van der Waals surface area contributed by atoms with Crippen LogP contribution < -0.4 is 0 Å². The molecular formula is C18H14N6O2S. The largest absolute Gasteiger partial charge is 0.269 e. The lowest BCUT2D eigenvalue weighted by Crippen LogP contribution is -2.00. The molecule has 0 N–H and O–H groups in total. The normalized spacial score (nSPS) is 11.2. The Kier molecular flexibility index (Phi) is 5.28. The highest BCUT2D eigenvalue weighted by atomic mass is 32.2. The molecule has 0 saturated carbocycles. The summed E-state index contributed by atoms with van der Waals surface area (Å²) in [6.07, 6.45) is 1.37. The van der Waals surface area contributed by atoms with E-state index in [1.54, 1.807) is 16.8 Å². The first kappa shape index (κ1) is 18.3. The molecule has 27 heavy (non-hydrogen) atoms. The van der Waals surface area contributed by atoms with Gasteiger partial charge in [-0.05, 0) is 77.0 Å². The molecule has 0 saturated heterocycles. The summed E-state index contributed by atoms with van der Waals surface area (Å²) in [5.41, 5.74) is 3.74. The van der Waals surface area contributed by atoms with Crippen LogP contribution in [0.2, 0.25) is 0 Å². The zero-order chi connectivity index (χ0) is 19.4. The first-order chi connectivity index (χ1) is 13.0. The van der Waals surface area contributed by atoms with Crippen LogP contribution in [0.15, 0.2) is 53.7 Å². The lowest BCUT2D eigenvalue weighted by molar-refractivity contribution is -0.384. The van der Waals surface area contributed by atoms with Crippen LogP contribution in [0.4, 0.5) is 5.69 Å². The second-order valence-corrected chi connectivity index (χ2v) is 6.69. The highest BCUT2D eigenvalue weighted by Crippen LogP contribution is 2.34. The Bertz CT molecular complexity index is 1070. The third-order valence-corrected chi connectivity index (χ3v) is 4.95. The van der Waals surface area contributed by atoms with E-state index in [2.05, 4.69) is 15.5 Å². The number of non-ortho nitro benzene ring substituents is 1. The van der Waals surface area contributed by atoms with Crippen molar-refractivity contribution in [1.82, 2.24) is 20.2 Å². The van der Waals surface area contributed by atoms with Gasteiger partial charge in [0.1, 0.15) is 0 Å². The Morgan fingerprint density at radius 2 is 1.96 bits per heavy atom. The maximum atomic E-state index is 10.8. The summed E-state index contributed by atoms with van der Waals surface area (Å²) >= 11 is 1.21. The molecule has 1 aromatic heterocycles. The molecule has 0 bridgehead atoms. The first-order valence-electron chi connectivity index (χ1n) is 7.88. The van der Waals surface area contributed by atoms with E-state index in [-0.39, 0.29) is 5.69 Å². The average Bonchev–Trinajstić information content (AvgIpc) is 3.12. The highest BCUT2D eigenvalue weighted by Gasteiger charge is 2.15. The van der Waals surface area contributed by atoms with Gasteiger partial charge in [0.15, 0.2) is 0 Å². The summed E-state index contributed by atoms with van der Waals surface area (Å²) in [7, 11) is 0. The number of thioether (sulfide) groups is 1. The van der Waals surface area contributed by atoms with Gasteiger partial charge in [-0.25, -0.2) is 0 Å². The Hall–Kier alpha value is -3.51. The number of hydrogen-bond donors (Lipinski definition) is 0. The monoisotopic (exact) mass is 378 g/mol. The Labute approximate surface area is 159 Å². The van der Waals surface area contributed by atoms with Crippen LogP contribution in [0, 0.1) is 35.3 Å². The van der Waals surface area contributed by atoms with Crippen molar-refractivity contribution in [3.05, 3.63) is 75.3 Å². The van der Waals surface area contributed by atoms with E-state index < -0.39 is 4.92 Å². The SMILES string of the molecule is Cc1ccc(-n2nnnc2S/C(=C\C#N)c2ccc([N+](=O)[O-])cc2)cc1C. The number of benzene rings is 2. The summed E-state index contributed by atoms with van der Waals surface area (Å²) in [6.45, 7) is 4.03. The molecule has 9 heteroatoms. The first-order valence-corrected chi connectivity index (χ1v) is 8.69. The average molecular weight is 378 g/mol. The van der Waals surface area contributed by atoms with Crippen molar-refractivity contribution >= 4 is 22.4 Å². The quantitative estimate of drug-likeness (QED) is 0.287.